The highest BCUT2D eigenvalue weighted by Gasteiger charge is 2.45. The third-order valence-electron chi connectivity index (χ3n) is 4.74. The fourth-order valence-corrected chi connectivity index (χ4v) is 4.60. The van der Waals surface area contributed by atoms with E-state index >= 15 is 0 Å². The van der Waals surface area contributed by atoms with Gasteiger partial charge in [-0.1, -0.05) is 13.3 Å². The van der Waals surface area contributed by atoms with Crippen LogP contribution in [0.3, 0.4) is 0 Å². The van der Waals surface area contributed by atoms with E-state index in [0.29, 0.717) is 32.5 Å². The zero-order valence-electron chi connectivity index (χ0n) is 13.0. The minimum Gasteiger partial charge on any atom is -0.481 e. The minimum atomic E-state index is -0.766. The molecule has 0 aliphatic carbocycles. The molecule has 6 heteroatoms. The second-order valence-electron chi connectivity index (χ2n) is 6.57. The molecule has 2 heterocycles. The van der Waals surface area contributed by atoms with Crippen LogP contribution in [0.1, 0.15) is 46.0 Å². The van der Waals surface area contributed by atoms with Gasteiger partial charge in [0.1, 0.15) is 0 Å². The molecule has 0 aromatic heterocycles. The maximum Gasteiger partial charge on any atom is 0.317 e. The topological polar surface area (TPSA) is 69.6 Å². The Bertz CT molecular complexity index is 410. The first-order valence-corrected chi connectivity index (χ1v) is 8.79. The number of likely N-dealkylation sites (tertiary alicyclic amines) is 1. The van der Waals surface area contributed by atoms with Gasteiger partial charge in [0.2, 0.25) is 0 Å². The molecule has 2 N–H and O–H groups in total. The van der Waals surface area contributed by atoms with Crippen molar-refractivity contribution in [2.75, 3.05) is 25.4 Å². The highest BCUT2D eigenvalue weighted by Crippen LogP contribution is 2.38. The van der Waals surface area contributed by atoms with Crippen molar-refractivity contribution >= 4 is 23.8 Å². The van der Waals surface area contributed by atoms with Gasteiger partial charge in [-0.25, -0.2) is 4.79 Å². The first kappa shape index (κ1) is 16.5. The number of nitrogens with one attached hydrogen (secondary N) is 1. The highest BCUT2D eigenvalue weighted by atomic mass is 32.2. The number of rotatable bonds is 5. The Morgan fingerprint density at radius 2 is 2.14 bits per heavy atom. The molecule has 2 amide bonds. The predicted molar refractivity (Wildman–Crippen MR) is 84.7 cm³/mol. The quantitative estimate of drug-likeness (QED) is 0.818. The van der Waals surface area contributed by atoms with Crippen molar-refractivity contribution in [3.8, 4) is 0 Å². The van der Waals surface area contributed by atoms with Crippen molar-refractivity contribution in [1.82, 2.24) is 10.2 Å². The van der Waals surface area contributed by atoms with Gasteiger partial charge in [0.15, 0.2) is 0 Å². The van der Waals surface area contributed by atoms with Gasteiger partial charge in [0.25, 0.3) is 0 Å². The molecular weight excluding hydrogens is 288 g/mol. The van der Waals surface area contributed by atoms with Gasteiger partial charge >= 0.3 is 12.0 Å². The molecule has 2 fully saturated rings. The zero-order valence-corrected chi connectivity index (χ0v) is 13.8. The number of hydrogen-bond acceptors (Lipinski definition) is 3. The second-order valence-corrected chi connectivity index (χ2v) is 8.25. The first-order chi connectivity index (χ1) is 9.91. The van der Waals surface area contributed by atoms with E-state index in [-0.39, 0.29) is 10.8 Å². The number of carboxylic acid groups (broad SMARTS) is 1. The van der Waals surface area contributed by atoms with E-state index < -0.39 is 11.4 Å². The number of aliphatic carboxylic acids is 1. The van der Waals surface area contributed by atoms with Gasteiger partial charge in [0, 0.05) is 24.4 Å². The molecule has 0 aromatic carbocycles. The van der Waals surface area contributed by atoms with Gasteiger partial charge < -0.3 is 15.3 Å². The Morgan fingerprint density at radius 3 is 2.71 bits per heavy atom. The van der Waals surface area contributed by atoms with Gasteiger partial charge in [0.05, 0.1) is 5.41 Å². The summed E-state index contributed by atoms with van der Waals surface area (Å²) < 4.78 is 0.142. The van der Waals surface area contributed by atoms with E-state index in [0.717, 1.165) is 18.6 Å². The average molecular weight is 314 g/mol. The van der Waals surface area contributed by atoms with Crippen molar-refractivity contribution in [1.29, 1.82) is 0 Å². The minimum absolute atomic E-state index is 0.108. The maximum atomic E-state index is 12.3. The molecule has 2 aliphatic heterocycles. The lowest BCUT2D eigenvalue weighted by Gasteiger charge is -2.27. The fraction of sp³-hybridized carbons (Fsp3) is 0.867. The van der Waals surface area contributed by atoms with Crippen LogP contribution in [0.5, 0.6) is 0 Å². The summed E-state index contributed by atoms with van der Waals surface area (Å²) in [5.41, 5.74) is -0.738. The van der Waals surface area contributed by atoms with Crippen LogP contribution in [0.15, 0.2) is 0 Å². The molecule has 0 bridgehead atoms. The lowest BCUT2D eigenvalue weighted by molar-refractivity contribution is -0.148. The predicted octanol–water partition coefficient (Wildman–Crippen LogP) is 2.56. The largest absolute Gasteiger partial charge is 0.481 e. The van der Waals surface area contributed by atoms with E-state index in [1.165, 1.54) is 6.42 Å². The molecule has 120 valence electrons. The van der Waals surface area contributed by atoms with Crippen LogP contribution in [0.25, 0.3) is 0 Å². The van der Waals surface area contributed by atoms with Crippen molar-refractivity contribution in [3.05, 3.63) is 0 Å². The molecule has 5 nitrogen and oxygen atoms in total. The molecule has 2 unspecified atom stereocenters. The van der Waals surface area contributed by atoms with Crippen LogP contribution in [-0.2, 0) is 4.79 Å². The second kappa shape index (κ2) is 6.46. The normalized spacial score (nSPS) is 32.4. The Hall–Kier alpha value is -0.910. The van der Waals surface area contributed by atoms with Crippen LogP contribution >= 0.6 is 11.8 Å². The summed E-state index contributed by atoms with van der Waals surface area (Å²) in [7, 11) is 0. The van der Waals surface area contributed by atoms with Crippen LogP contribution in [0.4, 0.5) is 4.79 Å². The van der Waals surface area contributed by atoms with Crippen molar-refractivity contribution in [2.24, 2.45) is 5.41 Å². The Labute approximate surface area is 130 Å². The molecule has 21 heavy (non-hydrogen) atoms. The molecule has 0 aromatic rings. The summed E-state index contributed by atoms with van der Waals surface area (Å²) in [5.74, 6) is 0.396. The van der Waals surface area contributed by atoms with E-state index in [9.17, 15) is 14.7 Å². The molecular formula is C15H26N2O3S. The van der Waals surface area contributed by atoms with Gasteiger partial charge in [-0.05, 0) is 38.4 Å². The van der Waals surface area contributed by atoms with Gasteiger partial charge in [-0.2, -0.15) is 11.8 Å². The van der Waals surface area contributed by atoms with Crippen LogP contribution in [0.2, 0.25) is 0 Å². The monoisotopic (exact) mass is 314 g/mol. The number of amides is 2. The number of urea groups is 1. The molecule has 0 saturated carbocycles. The number of carboxylic acids is 1. The zero-order chi connectivity index (χ0) is 15.5. The lowest BCUT2D eigenvalue weighted by atomic mass is 9.83. The van der Waals surface area contributed by atoms with E-state index in [2.05, 4.69) is 12.2 Å². The molecule has 2 aliphatic rings. The lowest BCUT2D eigenvalue weighted by Crippen LogP contribution is -2.45. The standard InChI is InChI=1S/C15H26N2O3S/c1-3-5-15(12(18)19)7-8-17(11-15)13(20)16-10-14(2)6-4-9-21-14/h3-11H2,1-2H3,(H,16,20)(H,18,19). The van der Waals surface area contributed by atoms with Crippen molar-refractivity contribution < 1.29 is 14.7 Å². The molecule has 2 rings (SSSR count). The number of carbonyl (C=O) groups excluding carboxylic acids is 1. The summed E-state index contributed by atoms with van der Waals surface area (Å²) in [6.07, 6.45) is 4.37. The molecule has 2 saturated heterocycles. The third-order valence-corrected chi connectivity index (χ3v) is 6.28. The molecule has 0 radical (unpaired) electrons. The SMILES string of the molecule is CCCC1(C(=O)O)CCN(C(=O)NCC2(C)CCCS2)C1. The van der Waals surface area contributed by atoms with E-state index in [4.69, 9.17) is 0 Å². The molecule has 0 spiro atoms. The van der Waals surface area contributed by atoms with Crippen LogP contribution in [0, 0.1) is 5.41 Å². The number of carbonyl (C=O) groups is 2. The summed E-state index contributed by atoms with van der Waals surface area (Å²) in [6.45, 7) is 5.73. The van der Waals surface area contributed by atoms with E-state index in [1.54, 1.807) is 4.90 Å². The molecule has 2 atom stereocenters. The Morgan fingerprint density at radius 1 is 1.38 bits per heavy atom. The van der Waals surface area contributed by atoms with Crippen molar-refractivity contribution in [2.45, 2.75) is 50.7 Å². The Kier molecular flexibility index (Phi) is 5.07. The number of thioether (sulfide) groups is 1. The van der Waals surface area contributed by atoms with E-state index in [1.807, 2.05) is 18.7 Å². The number of hydrogen-bond donors (Lipinski definition) is 2. The highest BCUT2D eigenvalue weighted by molar-refractivity contribution is 8.00. The first-order valence-electron chi connectivity index (χ1n) is 7.81. The maximum absolute atomic E-state index is 12.3. The van der Waals surface area contributed by atoms with Crippen LogP contribution < -0.4 is 5.32 Å². The Balaban J connectivity index is 1.88. The third kappa shape index (κ3) is 3.65. The van der Waals surface area contributed by atoms with Crippen LogP contribution in [-0.4, -0.2) is 52.1 Å². The summed E-state index contributed by atoms with van der Waals surface area (Å²) in [4.78, 5) is 25.5. The fourth-order valence-electron chi connectivity index (χ4n) is 3.36. The van der Waals surface area contributed by atoms with Gasteiger partial charge in [-0.15, -0.1) is 0 Å². The smallest absolute Gasteiger partial charge is 0.317 e. The van der Waals surface area contributed by atoms with Gasteiger partial charge in [-0.3, -0.25) is 4.79 Å². The summed E-state index contributed by atoms with van der Waals surface area (Å²) >= 11 is 1.91. The summed E-state index contributed by atoms with van der Waals surface area (Å²) in [5, 5.41) is 12.5. The summed E-state index contributed by atoms with van der Waals surface area (Å²) in [6, 6.07) is -0.108. The van der Waals surface area contributed by atoms with Crippen molar-refractivity contribution in [3.63, 3.8) is 0 Å². The average Bonchev–Trinajstić information content (AvgIpc) is 3.05. The number of nitrogens with zero attached hydrogens (tertiary/aromatic N) is 1.